The predicted octanol–water partition coefficient (Wildman–Crippen LogP) is 2.31. The highest BCUT2D eigenvalue weighted by atomic mass is 32.3. The molecule has 0 saturated carbocycles. The van der Waals surface area contributed by atoms with Crippen LogP contribution in [0.3, 0.4) is 0 Å². The fourth-order valence-electron chi connectivity index (χ4n) is 4.20. The number of alkyl carbamates (subject to hydrolysis) is 1. The highest BCUT2D eigenvalue weighted by Crippen LogP contribution is 2.44. The number of hydrogen-bond donors (Lipinski definition) is 3. The number of fused-ring (bicyclic) bond motifs is 3. The first-order valence-corrected chi connectivity index (χ1v) is 11.7. The third-order valence-electron chi connectivity index (χ3n) is 5.77. The van der Waals surface area contributed by atoms with E-state index in [0.29, 0.717) is 5.56 Å². The molecule has 0 saturated heterocycles. The van der Waals surface area contributed by atoms with Crippen molar-refractivity contribution in [3.05, 3.63) is 82.9 Å². The van der Waals surface area contributed by atoms with Crippen LogP contribution in [-0.4, -0.2) is 38.3 Å². The highest BCUT2D eigenvalue weighted by molar-refractivity contribution is 7.81. The van der Waals surface area contributed by atoms with Gasteiger partial charge >= 0.3 is 23.7 Å². The predicted molar refractivity (Wildman–Crippen MR) is 124 cm³/mol. The molecule has 11 heteroatoms. The van der Waals surface area contributed by atoms with E-state index in [-0.39, 0.29) is 30.1 Å². The Balaban J connectivity index is 1.46. The Hall–Kier alpha value is -3.41. The number of amides is 1. The third kappa shape index (κ3) is 5.06. The van der Waals surface area contributed by atoms with Crippen LogP contribution in [0.15, 0.2) is 60.7 Å². The van der Waals surface area contributed by atoms with E-state index in [0.717, 1.165) is 28.3 Å². The van der Waals surface area contributed by atoms with Gasteiger partial charge in [-0.1, -0.05) is 52.4 Å². The smallest absolute Gasteiger partial charge is 0.449 e. The fraction of sp³-hybridized carbons (Fsp3) is 0.174. The second-order valence-corrected chi connectivity index (χ2v) is 8.78. The SMILES string of the molecule is Cc1c(CNC(=O)OCC2c3ccccc3-c3ccccc32)cc(OS(=O)(=O)F)cc1B(O)O. The van der Waals surface area contributed by atoms with Crippen molar-refractivity contribution >= 4 is 29.2 Å². The number of rotatable bonds is 7. The van der Waals surface area contributed by atoms with Crippen molar-refractivity contribution in [1.82, 2.24) is 5.32 Å². The number of halogens is 1. The molecule has 3 aromatic rings. The summed E-state index contributed by atoms with van der Waals surface area (Å²) in [7, 11) is -7.28. The monoisotopic (exact) mass is 485 g/mol. The van der Waals surface area contributed by atoms with Crippen molar-refractivity contribution in [2.24, 2.45) is 0 Å². The van der Waals surface area contributed by atoms with Crippen LogP contribution in [0.1, 0.15) is 28.2 Å². The molecule has 4 rings (SSSR count). The van der Waals surface area contributed by atoms with Crippen molar-refractivity contribution < 1.29 is 36.1 Å². The molecular weight excluding hydrogens is 464 g/mol. The second kappa shape index (κ2) is 9.45. The number of carbonyl (C=O) groups is 1. The molecule has 0 heterocycles. The molecule has 34 heavy (non-hydrogen) atoms. The highest BCUT2D eigenvalue weighted by Gasteiger charge is 2.29. The van der Waals surface area contributed by atoms with Gasteiger partial charge in [-0.05, 0) is 57.9 Å². The van der Waals surface area contributed by atoms with Crippen molar-refractivity contribution in [3.8, 4) is 16.9 Å². The van der Waals surface area contributed by atoms with Crippen molar-refractivity contribution in [3.63, 3.8) is 0 Å². The molecule has 0 atom stereocenters. The molecule has 0 fully saturated rings. The minimum absolute atomic E-state index is 0.0921. The molecule has 0 radical (unpaired) electrons. The van der Waals surface area contributed by atoms with Crippen LogP contribution in [0, 0.1) is 6.92 Å². The normalized spacial score (nSPS) is 12.6. The topological polar surface area (TPSA) is 122 Å². The molecule has 1 aliphatic carbocycles. The van der Waals surface area contributed by atoms with Crippen molar-refractivity contribution in [1.29, 1.82) is 0 Å². The molecule has 1 amide bonds. The largest absolute Gasteiger partial charge is 0.488 e. The maximum Gasteiger partial charge on any atom is 0.488 e. The molecule has 0 spiro atoms. The number of hydrogen-bond acceptors (Lipinski definition) is 7. The van der Waals surface area contributed by atoms with Crippen molar-refractivity contribution in [2.45, 2.75) is 19.4 Å². The summed E-state index contributed by atoms with van der Waals surface area (Å²) in [5, 5.41) is 21.6. The van der Waals surface area contributed by atoms with E-state index >= 15 is 0 Å². The quantitative estimate of drug-likeness (QED) is 0.347. The number of carbonyl (C=O) groups excluding carboxylic acids is 1. The van der Waals surface area contributed by atoms with E-state index in [4.69, 9.17) is 4.74 Å². The van der Waals surface area contributed by atoms with E-state index in [1.165, 1.54) is 13.0 Å². The van der Waals surface area contributed by atoms with E-state index in [2.05, 4.69) is 9.50 Å². The zero-order valence-electron chi connectivity index (χ0n) is 18.1. The zero-order chi connectivity index (χ0) is 24.5. The fourth-order valence-corrected chi connectivity index (χ4v) is 4.53. The molecule has 0 aromatic heterocycles. The van der Waals surface area contributed by atoms with Gasteiger partial charge in [-0.25, -0.2) is 4.79 Å². The summed E-state index contributed by atoms with van der Waals surface area (Å²) in [4.78, 5) is 12.4. The van der Waals surface area contributed by atoms with Gasteiger partial charge in [0.2, 0.25) is 0 Å². The van der Waals surface area contributed by atoms with Gasteiger partial charge in [-0.2, -0.15) is 8.42 Å². The summed E-state index contributed by atoms with van der Waals surface area (Å²) >= 11 is 0. The summed E-state index contributed by atoms with van der Waals surface area (Å²) in [5.41, 5.74) is 4.87. The first kappa shape index (κ1) is 23.7. The minimum atomic E-state index is -5.32. The maximum atomic E-state index is 12.9. The average molecular weight is 485 g/mol. The molecular formula is C23H21BFNO7S. The van der Waals surface area contributed by atoms with Crippen LogP contribution in [0.25, 0.3) is 11.1 Å². The third-order valence-corrected chi connectivity index (χ3v) is 6.16. The Labute approximate surface area is 196 Å². The van der Waals surface area contributed by atoms with Gasteiger partial charge in [0.1, 0.15) is 12.4 Å². The molecule has 1 aliphatic rings. The molecule has 8 nitrogen and oxygen atoms in total. The Morgan fingerprint density at radius 1 is 1.06 bits per heavy atom. The van der Waals surface area contributed by atoms with Gasteiger partial charge in [0, 0.05) is 12.5 Å². The van der Waals surface area contributed by atoms with Crippen LogP contribution in [0.4, 0.5) is 8.68 Å². The zero-order valence-corrected chi connectivity index (χ0v) is 18.9. The van der Waals surface area contributed by atoms with Crippen LogP contribution < -0.4 is 15.0 Å². The van der Waals surface area contributed by atoms with Gasteiger partial charge in [0.25, 0.3) is 0 Å². The lowest BCUT2D eigenvalue weighted by molar-refractivity contribution is 0.142. The first-order chi connectivity index (χ1) is 16.1. The van der Waals surface area contributed by atoms with Crippen LogP contribution in [0.2, 0.25) is 0 Å². The van der Waals surface area contributed by atoms with Gasteiger partial charge < -0.3 is 24.3 Å². The van der Waals surface area contributed by atoms with Crippen LogP contribution in [0.5, 0.6) is 5.75 Å². The molecule has 3 N–H and O–H groups in total. The standard InChI is InChI=1S/C23H21BFNO7S/c1-14-15(10-16(33-34(25,30)31)11-22(14)24(28)29)12-26-23(27)32-13-21-19-8-4-2-6-17(19)18-7-3-5-9-20(18)21/h2-11,21,28-29H,12-13H2,1H3,(H,26,27). The number of ether oxygens (including phenoxy) is 1. The number of benzene rings is 3. The number of nitrogens with one attached hydrogen (secondary N) is 1. The van der Waals surface area contributed by atoms with Crippen molar-refractivity contribution in [2.75, 3.05) is 6.61 Å². The summed E-state index contributed by atoms with van der Waals surface area (Å²) < 4.78 is 44.3. The van der Waals surface area contributed by atoms with Gasteiger partial charge in [-0.3, -0.25) is 0 Å². The minimum Gasteiger partial charge on any atom is -0.449 e. The van der Waals surface area contributed by atoms with Gasteiger partial charge in [0.05, 0.1) is 0 Å². The van der Waals surface area contributed by atoms with Gasteiger partial charge in [-0.15, -0.1) is 0 Å². The first-order valence-electron chi connectivity index (χ1n) is 10.4. The van der Waals surface area contributed by atoms with E-state index < -0.39 is 29.5 Å². The lowest BCUT2D eigenvalue weighted by Gasteiger charge is -2.16. The average Bonchev–Trinajstić information content (AvgIpc) is 3.10. The van der Waals surface area contributed by atoms with Crippen LogP contribution in [-0.2, 0) is 21.8 Å². The Morgan fingerprint density at radius 2 is 1.65 bits per heavy atom. The lowest BCUT2D eigenvalue weighted by atomic mass is 9.76. The molecule has 0 aliphatic heterocycles. The Morgan fingerprint density at radius 3 is 2.21 bits per heavy atom. The van der Waals surface area contributed by atoms with Crippen LogP contribution >= 0.6 is 0 Å². The summed E-state index contributed by atoms with van der Waals surface area (Å²) in [6.07, 6.45) is -0.725. The molecule has 0 bridgehead atoms. The summed E-state index contributed by atoms with van der Waals surface area (Å²) in [5.74, 6) is -0.581. The Kier molecular flexibility index (Phi) is 6.60. The second-order valence-electron chi connectivity index (χ2n) is 7.83. The lowest BCUT2D eigenvalue weighted by Crippen LogP contribution is -2.34. The van der Waals surface area contributed by atoms with E-state index in [1.807, 2.05) is 48.5 Å². The molecule has 3 aromatic carbocycles. The molecule has 176 valence electrons. The maximum absolute atomic E-state index is 12.9. The molecule has 0 unspecified atom stereocenters. The Bertz CT molecular complexity index is 1300. The summed E-state index contributed by atoms with van der Waals surface area (Å²) in [6, 6.07) is 18.0. The van der Waals surface area contributed by atoms with E-state index in [9.17, 15) is 27.1 Å². The summed E-state index contributed by atoms with van der Waals surface area (Å²) in [6.45, 7) is 1.49. The van der Waals surface area contributed by atoms with E-state index in [1.54, 1.807) is 0 Å². The van der Waals surface area contributed by atoms with Gasteiger partial charge in [0.15, 0.2) is 0 Å².